The molecule has 2 saturated carbocycles. The van der Waals surface area contributed by atoms with E-state index in [0.29, 0.717) is 0 Å². The lowest BCUT2D eigenvalue weighted by Gasteiger charge is -2.37. The molecule has 104 valence electrons. The van der Waals surface area contributed by atoms with Crippen molar-refractivity contribution in [1.29, 1.82) is 0 Å². The van der Waals surface area contributed by atoms with E-state index >= 15 is 0 Å². The van der Waals surface area contributed by atoms with Gasteiger partial charge in [0.15, 0.2) is 0 Å². The van der Waals surface area contributed by atoms with Gasteiger partial charge in [0.05, 0.1) is 0 Å². The Balaban J connectivity index is 1.71. The summed E-state index contributed by atoms with van der Waals surface area (Å²) in [7, 11) is 0. The molecule has 0 heterocycles. The normalized spacial score (nSPS) is 38.1. The number of rotatable bonds is 4. The minimum Gasteiger partial charge on any atom is -0.0914 e. The summed E-state index contributed by atoms with van der Waals surface area (Å²) in [5.74, 6) is 4.15. The van der Waals surface area contributed by atoms with E-state index in [9.17, 15) is 0 Å². The van der Waals surface area contributed by atoms with Crippen molar-refractivity contribution < 1.29 is 0 Å². The molecule has 0 nitrogen and oxygen atoms in total. The average molecular weight is 248 g/mol. The molecule has 0 N–H and O–H groups in total. The summed E-state index contributed by atoms with van der Waals surface area (Å²) < 4.78 is 0. The first-order chi connectivity index (χ1) is 8.83. The van der Waals surface area contributed by atoms with Crippen molar-refractivity contribution in [3.8, 4) is 0 Å². The van der Waals surface area contributed by atoms with Crippen LogP contribution in [0, 0.1) is 23.7 Å². The summed E-state index contributed by atoms with van der Waals surface area (Å²) in [5.41, 5.74) is 0. The van der Waals surface area contributed by atoms with Crippen molar-refractivity contribution in [2.45, 2.75) is 78.1 Å². The molecule has 0 atom stereocenters. The van der Waals surface area contributed by atoms with Gasteiger partial charge in [-0.2, -0.15) is 0 Å². The average Bonchev–Trinajstić information content (AvgIpc) is 2.41. The van der Waals surface area contributed by atoms with Crippen LogP contribution >= 0.6 is 0 Å². The predicted molar refractivity (Wildman–Crippen MR) is 80.6 cm³/mol. The molecule has 0 radical (unpaired) electrons. The van der Waals surface area contributed by atoms with Crippen LogP contribution in [0.4, 0.5) is 0 Å². The summed E-state index contributed by atoms with van der Waals surface area (Å²) in [4.78, 5) is 0. The van der Waals surface area contributed by atoms with E-state index in [1.54, 1.807) is 12.8 Å². The van der Waals surface area contributed by atoms with Crippen LogP contribution in [0.5, 0.6) is 0 Å². The first-order valence-corrected chi connectivity index (χ1v) is 8.46. The SMILES string of the molecule is CC=CC1CCC(C2CCC(CCC)CC2)CC1. The molecule has 0 saturated heterocycles. The third-order valence-corrected chi connectivity index (χ3v) is 5.54. The van der Waals surface area contributed by atoms with E-state index in [1.807, 2.05) is 0 Å². The summed E-state index contributed by atoms with van der Waals surface area (Å²) in [6, 6.07) is 0. The Kier molecular flexibility index (Phi) is 5.79. The van der Waals surface area contributed by atoms with Gasteiger partial charge in [0.25, 0.3) is 0 Å². The third kappa shape index (κ3) is 3.87. The highest BCUT2D eigenvalue weighted by Gasteiger charge is 2.29. The second-order valence-corrected chi connectivity index (χ2v) is 6.77. The van der Waals surface area contributed by atoms with E-state index in [1.165, 1.54) is 51.4 Å². The van der Waals surface area contributed by atoms with E-state index in [0.717, 1.165) is 23.7 Å². The molecule has 0 unspecified atom stereocenters. The van der Waals surface area contributed by atoms with E-state index in [4.69, 9.17) is 0 Å². The molecule has 2 rings (SSSR count). The van der Waals surface area contributed by atoms with Gasteiger partial charge in [-0.1, -0.05) is 44.8 Å². The van der Waals surface area contributed by atoms with E-state index < -0.39 is 0 Å². The van der Waals surface area contributed by atoms with Gasteiger partial charge < -0.3 is 0 Å². The van der Waals surface area contributed by atoms with E-state index in [2.05, 4.69) is 26.0 Å². The fourth-order valence-electron chi connectivity index (χ4n) is 4.44. The molecule has 0 bridgehead atoms. The summed E-state index contributed by atoms with van der Waals surface area (Å²) >= 11 is 0. The van der Waals surface area contributed by atoms with Gasteiger partial charge in [-0.05, 0) is 69.1 Å². The highest BCUT2D eigenvalue weighted by Crippen LogP contribution is 2.42. The smallest absolute Gasteiger partial charge is 0.0233 e. The Morgan fingerprint density at radius 3 is 1.89 bits per heavy atom. The highest BCUT2D eigenvalue weighted by atomic mass is 14.3. The standard InChI is InChI=1S/C18H32/c1-3-5-15-7-11-17(12-8-15)18-13-9-16(6-4-2)10-14-18/h3,5,15-18H,4,6-14H2,1-2H3. The maximum absolute atomic E-state index is 2.44. The highest BCUT2D eigenvalue weighted by molar-refractivity contribution is 4.90. The molecular weight excluding hydrogens is 216 g/mol. The number of allylic oxidation sites excluding steroid dienone is 2. The van der Waals surface area contributed by atoms with Crippen molar-refractivity contribution in [2.24, 2.45) is 23.7 Å². The van der Waals surface area contributed by atoms with Crippen LogP contribution in [0.2, 0.25) is 0 Å². The first-order valence-electron chi connectivity index (χ1n) is 8.46. The van der Waals surface area contributed by atoms with Crippen LogP contribution in [-0.4, -0.2) is 0 Å². The Labute approximate surface area is 114 Å². The summed E-state index contributed by atoms with van der Waals surface area (Å²) in [6.07, 6.45) is 19.7. The van der Waals surface area contributed by atoms with Crippen molar-refractivity contribution in [2.75, 3.05) is 0 Å². The van der Waals surface area contributed by atoms with Gasteiger partial charge in [-0.25, -0.2) is 0 Å². The zero-order chi connectivity index (χ0) is 12.8. The van der Waals surface area contributed by atoms with Gasteiger partial charge in [0, 0.05) is 0 Å². The monoisotopic (exact) mass is 248 g/mol. The number of hydrogen-bond donors (Lipinski definition) is 0. The largest absolute Gasteiger partial charge is 0.0914 e. The van der Waals surface area contributed by atoms with Crippen LogP contribution in [-0.2, 0) is 0 Å². The first kappa shape index (κ1) is 14.2. The predicted octanol–water partition coefficient (Wildman–Crippen LogP) is 5.98. The lowest BCUT2D eigenvalue weighted by molar-refractivity contribution is 0.152. The molecule has 0 amide bonds. The lowest BCUT2D eigenvalue weighted by atomic mass is 9.69. The van der Waals surface area contributed by atoms with Gasteiger partial charge in [-0.3, -0.25) is 0 Å². The van der Waals surface area contributed by atoms with Crippen LogP contribution in [0.3, 0.4) is 0 Å². The minimum absolute atomic E-state index is 0.905. The second-order valence-electron chi connectivity index (χ2n) is 6.77. The van der Waals surface area contributed by atoms with Crippen LogP contribution < -0.4 is 0 Å². The van der Waals surface area contributed by atoms with Crippen molar-refractivity contribution in [3.05, 3.63) is 12.2 Å². The third-order valence-electron chi connectivity index (χ3n) is 5.54. The molecule has 0 aliphatic heterocycles. The molecule has 0 spiro atoms. The maximum atomic E-state index is 2.44. The molecule has 0 heteroatoms. The van der Waals surface area contributed by atoms with Crippen molar-refractivity contribution >= 4 is 0 Å². The molecule has 2 fully saturated rings. The molecule has 0 aromatic heterocycles. The van der Waals surface area contributed by atoms with Gasteiger partial charge in [0.2, 0.25) is 0 Å². The Morgan fingerprint density at radius 2 is 1.39 bits per heavy atom. The van der Waals surface area contributed by atoms with Crippen LogP contribution in [0.1, 0.15) is 78.1 Å². The van der Waals surface area contributed by atoms with E-state index in [-0.39, 0.29) is 0 Å². The maximum Gasteiger partial charge on any atom is -0.0233 e. The van der Waals surface area contributed by atoms with Crippen LogP contribution in [0.15, 0.2) is 12.2 Å². The lowest BCUT2D eigenvalue weighted by Crippen LogP contribution is -2.25. The molecule has 0 aromatic rings. The molecular formula is C18H32. The Bertz CT molecular complexity index is 237. The summed E-state index contributed by atoms with van der Waals surface area (Å²) in [5, 5.41) is 0. The zero-order valence-corrected chi connectivity index (χ0v) is 12.5. The quantitative estimate of drug-likeness (QED) is 0.537. The minimum atomic E-state index is 0.905. The van der Waals surface area contributed by atoms with Gasteiger partial charge in [-0.15, -0.1) is 0 Å². The fraction of sp³-hybridized carbons (Fsp3) is 0.889. The second kappa shape index (κ2) is 7.36. The van der Waals surface area contributed by atoms with Crippen molar-refractivity contribution in [3.63, 3.8) is 0 Å². The molecule has 2 aliphatic rings. The topological polar surface area (TPSA) is 0 Å². The number of hydrogen-bond acceptors (Lipinski definition) is 0. The Hall–Kier alpha value is -0.260. The fourth-order valence-corrected chi connectivity index (χ4v) is 4.44. The molecule has 0 aromatic carbocycles. The van der Waals surface area contributed by atoms with Crippen molar-refractivity contribution in [1.82, 2.24) is 0 Å². The molecule has 18 heavy (non-hydrogen) atoms. The van der Waals surface area contributed by atoms with Gasteiger partial charge in [0.1, 0.15) is 0 Å². The van der Waals surface area contributed by atoms with Crippen LogP contribution in [0.25, 0.3) is 0 Å². The molecule has 2 aliphatic carbocycles. The van der Waals surface area contributed by atoms with Gasteiger partial charge >= 0.3 is 0 Å². The summed E-state index contributed by atoms with van der Waals surface area (Å²) in [6.45, 7) is 4.51. The zero-order valence-electron chi connectivity index (χ0n) is 12.5. The Morgan fingerprint density at radius 1 is 0.833 bits per heavy atom.